The van der Waals surface area contributed by atoms with Crippen molar-refractivity contribution in [3.63, 3.8) is 0 Å². The van der Waals surface area contributed by atoms with Crippen LogP contribution in [0.1, 0.15) is 29.3 Å². The van der Waals surface area contributed by atoms with Crippen LogP contribution in [0.4, 0.5) is 10.1 Å². The van der Waals surface area contributed by atoms with Crippen molar-refractivity contribution in [3.8, 4) is 5.75 Å². The number of anilines is 1. The molecule has 3 atom stereocenters. The molecular weight excluding hydrogens is 379 g/mol. The van der Waals surface area contributed by atoms with Gasteiger partial charge in [-0.2, -0.15) is 10.0 Å². The van der Waals surface area contributed by atoms with Gasteiger partial charge in [-0.3, -0.25) is 4.79 Å². The van der Waals surface area contributed by atoms with Gasteiger partial charge in [-0.1, -0.05) is 24.3 Å². The first-order valence-corrected chi connectivity index (χ1v) is 9.84. The Labute approximate surface area is 165 Å². The van der Waals surface area contributed by atoms with Gasteiger partial charge in [-0.05, 0) is 35.5 Å². The van der Waals surface area contributed by atoms with Gasteiger partial charge in [-0.15, -0.1) is 5.43 Å². The summed E-state index contributed by atoms with van der Waals surface area (Å²) in [7, 11) is 0. The van der Waals surface area contributed by atoms with Crippen LogP contribution >= 0.6 is 11.8 Å². The van der Waals surface area contributed by atoms with Crippen molar-refractivity contribution >= 4 is 28.5 Å². The maximum Gasteiger partial charge on any atom is 0.287 e. The second kappa shape index (κ2) is 6.73. The Hall–Kier alpha value is -2.68. The number of aliphatic imine (C=N–C) groups is 1. The minimum atomic E-state index is -0.278. The minimum absolute atomic E-state index is 0.0179. The lowest BCUT2D eigenvalue weighted by Gasteiger charge is -2.35. The number of carbonyl (C=O) groups is 1. The van der Waals surface area contributed by atoms with Crippen molar-refractivity contribution in [1.29, 1.82) is 0 Å². The fourth-order valence-corrected chi connectivity index (χ4v) is 4.97. The Morgan fingerprint density at radius 1 is 1.29 bits per heavy atom. The number of nitrogens with one attached hydrogen (secondary N) is 3. The molecule has 6 nitrogen and oxygen atoms in total. The molecule has 3 unspecified atom stereocenters. The van der Waals surface area contributed by atoms with Gasteiger partial charge in [0, 0.05) is 12.5 Å². The van der Waals surface area contributed by atoms with Crippen molar-refractivity contribution in [1.82, 2.24) is 5.43 Å². The molecule has 5 rings (SSSR count). The van der Waals surface area contributed by atoms with Crippen LogP contribution in [-0.4, -0.2) is 17.7 Å². The van der Waals surface area contributed by atoms with E-state index in [1.54, 1.807) is 23.9 Å². The second-order valence-corrected chi connectivity index (χ2v) is 8.03. The number of hydrogen-bond donors (Lipinski definition) is 3. The van der Waals surface area contributed by atoms with Crippen LogP contribution < -0.4 is 20.5 Å². The molecule has 3 aliphatic rings. The molecule has 0 aliphatic carbocycles. The van der Waals surface area contributed by atoms with E-state index in [-0.39, 0.29) is 29.6 Å². The van der Waals surface area contributed by atoms with Crippen molar-refractivity contribution < 1.29 is 18.9 Å². The Morgan fingerprint density at radius 3 is 3.00 bits per heavy atom. The molecule has 0 spiro atoms. The van der Waals surface area contributed by atoms with E-state index >= 15 is 0 Å². The molecule has 3 N–H and O–H groups in total. The van der Waals surface area contributed by atoms with E-state index in [1.165, 1.54) is 6.07 Å². The molecule has 3 aliphatic heterocycles. The molecule has 28 heavy (non-hydrogen) atoms. The largest absolute Gasteiger partial charge is 0.482 e. The molecule has 0 bridgehead atoms. The van der Waals surface area contributed by atoms with Crippen molar-refractivity contribution in [2.75, 3.05) is 11.9 Å². The Bertz CT molecular complexity index is 1040. The maximum atomic E-state index is 14.6. The molecule has 1 fully saturated rings. The third-order valence-corrected chi connectivity index (χ3v) is 6.36. The van der Waals surface area contributed by atoms with Crippen LogP contribution in [0.15, 0.2) is 59.4 Å². The summed E-state index contributed by atoms with van der Waals surface area (Å²) in [6.45, 7) is 2.01. The van der Waals surface area contributed by atoms with Crippen LogP contribution in [0.2, 0.25) is 0 Å². The first-order valence-electron chi connectivity index (χ1n) is 8.96. The van der Waals surface area contributed by atoms with Crippen LogP contribution in [-0.2, 0) is 4.79 Å². The highest BCUT2D eigenvalue weighted by Gasteiger charge is 2.43. The van der Waals surface area contributed by atoms with Gasteiger partial charge in [0.25, 0.3) is 11.1 Å². The summed E-state index contributed by atoms with van der Waals surface area (Å²) in [5.41, 5.74) is 6.73. The van der Waals surface area contributed by atoms with Crippen molar-refractivity contribution in [3.05, 3.63) is 71.3 Å². The number of ether oxygens (including phenoxy) is 1. The smallest absolute Gasteiger partial charge is 0.287 e. The number of amidine groups is 1. The number of fused-ring (bicyclic) bond motifs is 2. The van der Waals surface area contributed by atoms with Crippen molar-refractivity contribution in [2.24, 2.45) is 4.99 Å². The molecule has 0 aromatic heterocycles. The van der Waals surface area contributed by atoms with Crippen LogP contribution in [0.5, 0.6) is 5.75 Å². The summed E-state index contributed by atoms with van der Waals surface area (Å²) < 4.78 is 20.1. The molecule has 3 heterocycles. The zero-order valence-electron chi connectivity index (χ0n) is 15.0. The lowest BCUT2D eigenvalue weighted by atomic mass is 9.97. The van der Waals surface area contributed by atoms with Gasteiger partial charge < -0.3 is 10.1 Å². The quantitative estimate of drug-likeness (QED) is 0.728. The molecule has 1 saturated heterocycles. The highest BCUT2D eigenvalue weighted by molar-refractivity contribution is 8.13. The predicted octanol–water partition coefficient (Wildman–Crippen LogP) is 2.31. The van der Waals surface area contributed by atoms with Gasteiger partial charge in [0.15, 0.2) is 6.61 Å². The average molecular weight is 397 g/mol. The first kappa shape index (κ1) is 17.4. The summed E-state index contributed by atoms with van der Waals surface area (Å²) in [6.07, 6.45) is 1.83. The lowest BCUT2D eigenvalue weighted by Crippen LogP contribution is -3.18. The Kier molecular flexibility index (Phi) is 4.19. The van der Waals surface area contributed by atoms with Crippen LogP contribution in [0.3, 0.4) is 0 Å². The second-order valence-electron chi connectivity index (χ2n) is 6.90. The maximum absolute atomic E-state index is 14.6. The molecule has 0 radical (unpaired) electrons. The minimum Gasteiger partial charge on any atom is -0.482 e. The fraction of sp³-hybridized carbons (Fsp3) is 0.200. The van der Waals surface area contributed by atoms with E-state index in [0.717, 1.165) is 21.4 Å². The number of amides is 1. The van der Waals surface area contributed by atoms with E-state index in [4.69, 9.17) is 4.74 Å². The fourth-order valence-electron chi connectivity index (χ4n) is 3.64. The zero-order valence-corrected chi connectivity index (χ0v) is 15.8. The standard InChI is InChI=1S/C20H17FN4O2S/c1-11-9-22-20-25(11)24-18(13-4-2-3-5-14(13)21)19(28-20)12-6-7-16-15(8-12)23-17(26)10-27-16/h2-9,18-19,24H,10H2,1H3,(H,23,26)/p+1. The first-order chi connectivity index (χ1) is 13.6. The van der Waals surface area contributed by atoms with Gasteiger partial charge >= 0.3 is 0 Å². The zero-order chi connectivity index (χ0) is 19.3. The number of hydrogen-bond acceptors (Lipinski definition) is 5. The number of nitrogens with zero attached hydrogens (tertiary/aromatic N) is 1. The average Bonchev–Trinajstić information content (AvgIpc) is 3.07. The number of benzene rings is 2. The van der Waals surface area contributed by atoms with E-state index < -0.39 is 0 Å². The number of allylic oxidation sites excluding steroid dienone is 1. The topological polar surface area (TPSA) is 67.2 Å². The third kappa shape index (κ3) is 2.90. The number of halogens is 1. The molecule has 2 aromatic carbocycles. The summed E-state index contributed by atoms with van der Waals surface area (Å²) in [5.74, 6) is 0.212. The van der Waals surface area contributed by atoms with Crippen LogP contribution in [0, 0.1) is 5.82 Å². The highest BCUT2D eigenvalue weighted by atomic mass is 32.2. The lowest BCUT2D eigenvalue weighted by molar-refractivity contribution is -0.815. The number of thioether (sulfide) groups is 1. The van der Waals surface area contributed by atoms with E-state index in [2.05, 4.69) is 15.7 Å². The van der Waals surface area contributed by atoms with Crippen LogP contribution in [0.25, 0.3) is 0 Å². The molecule has 2 aromatic rings. The van der Waals surface area contributed by atoms with E-state index in [1.807, 2.05) is 37.4 Å². The summed E-state index contributed by atoms with van der Waals surface area (Å²) >= 11 is 1.60. The molecule has 0 saturated carbocycles. The molecule has 142 valence electrons. The molecule has 8 heteroatoms. The van der Waals surface area contributed by atoms with E-state index in [9.17, 15) is 9.18 Å². The van der Waals surface area contributed by atoms with Gasteiger partial charge in [0.1, 0.15) is 23.3 Å². The summed E-state index contributed by atoms with van der Waals surface area (Å²) in [6, 6.07) is 12.3. The monoisotopic (exact) mass is 397 g/mol. The third-order valence-electron chi connectivity index (χ3n) is 5.03. The van der Waals surface area contributed by atoms with Crippen molar-refractivity contribution in [2.45, 2.75) is 18.2 Å². The predicted molar refractivity (Wildman–Crippen MR) is 105 cm³/mol. The molecular formula is C20H18FN4O2S+. The molecule has 1 amide bonds. The Balaban J connectivity index is 1.57. The number of quaternary nitrogens is 1. The summed E-state index contributed by atoms with van der Waals surface area (Å²) in [4.78, 5) is 16.2. The normalized spacial score (nSPS) is 25.8. The van der Waals surface area contributed by atoms with Gasteiger partial charge in [0.05, 0.1) is 17.1 Å². The van der Waals surface area contributed by atoms with Gasteiger partial charge in [0.2, 0.25) is 0 Å². The SMILES string of the molecule is CC1=CN=C2SC(c3ccc4c(c3)NC(=O)CO4)C(c3ccccc3F)N[NH+]12. The number of rotatable bonds is 2. The van der Waals surface area contributed by atoms with Gasteiger partial charge in [-0.25, -0.2) is 4.39 Å². The Morgan fingerprint density at radius 2 is 2.14 bits per heavy atom. The van der Waals surface area contributed by atoms with E-state index in [0.29, 0.717) is 17.0 Å². The highest BCUT2D eigenvalue weighted by Crippen LogP contribution is 2.44. The summed E-state index contributed by atoms with van der Waals surface area (Å²) in [5, 5.41) is 4.57. The number of carbonyl (C=O) groups excluding carboxylic acids is 1.